The van der Waals surface area contributed by atoms with Gasteiger partial charge in [-0.1, -0.05) is 105 Å². The van der Waals surface area contributed by atoms with E-state index < -0.39 is 5.60 Å². The van der Waals surface area contributed by atoms with Crippen LogP contribution in [-0.2, 0) is 0 Å². The lowest BCUT2D eigenvalue weighted by atomic mass is 9.65. The predicted octanol–water partition coefficient (Wildman–Crippen LogP) is 5.47. The van der Waals surface area contributed by atoms with Crippen molar-refractivity contribution < 1.29 is 5.11 Å². The van der Waals surface area contributed by atoms with Crippen LogP contribution in [-0.4, -0.2) is 22.7 Å². The summed E-state index contributed by atoms with van der Waals surface area (Å²) < 4.78 is 0. The Morgan fingerprint density at radius 3 is 1.53 bits per heavy atom. The standard InChI is InChI=1S/C28H29NO/c1-21-26(24-15-9-5-10-16-24)29(3)27(25-17-11-6-12-18-25)22(2)28(21,30)20-19-23-13-7-4-8-14-23/h4-18,21-22,26-27,30H,1-3H3/t21-,22-,26-,27-/m1/s1. The lowest BCUT2D eigenvalue weighted by molar-refractivity contribution is -0.119. The topological polar surface area (TPSA) is 23.5 Å². The van der Waals surface area contributed by atoms with Gasteiger partial charge >= 0.3 is 0 Å². The Bertz CT molecular complexity index is 966. The number of rotatable bonds is 2. The molecule has 0 aliphatic carbocycles. The first-order valence-electron chi connectivity index (χ1n) is 10.6. The second kappa shape index (κ2) is 8.48. The van der Waals surface area contributed by atoms with E-state index in [0.717, 1.165) is 5.56 Å². The van der Waals surface area contributed by atoms with Crippen molar-refractivity contribution >= 4 is 0 Å². The summed E-state index contributed by atoms with van der Waals surface area (Å²) in [5.74, 6) is 6.45. The maximum Gasteiger partial charge on any atom is 0.134 e. The quantitative estimate of drug-likeness (QED) is 0.582. The molecule has 0 unspecified atom stereocenters. The van der Waals surface area contributed by atoms with Crippen LogP contribution in [0.4, 0.5) is 0 Å². The smallest absolute Gasteiger partial charge is 0.134 e. The van der Waals surface area contributed by atoms with Gasteiger partial charge in [-0.05, 0) is 30.3 Å². The normalized spacial score (nSPS) is 29.1. The van der Waals surface area contributed by atoms with Crippen LogP contribution in [0.5, 0.6) is 0 Å². The second-order valence-corrected chi connectivity index (χ2v) is 8.40. The molecule has 0 aromatic heterocycles. The fourth-order valence-corrected chi connectivity index (χ4v) is 5.04. The number of aliphatic hydroxyl groups is 1. The van der Waals surface area contributed by atoms with Crippen molar-refractivity contribution in [1.82, 2.24) is 4.90 Å². The Kier molecular flexibility index (Phi) is 5.77. The highest BCUT2D eigenvalue weighted by Gasteiger charge is 2.53. The highest BCUT2D eigenvalue weighted by molar-refractivity contribution is 5.39. The first kappa shape index (κ1) is 20.4. The second-order valence-electron chi connectivity index (χ2n) is 8.40. The number of hydrogen-bond acceptors (Lipinski definition) is 2. The van der Waals surface area contributed by atoms with Gasteiger partial charge in [-0.25, -0.2) is 0 Å². The van der Waals surface area contributed by atoms with Crippen LogP contribution in [0.1, 0.15) is 42.6 Å². The number of hydrogen-bond donors (Lipinski definition) is 1. The first-order chi connectivity index (χ1) is 14.5. The zero-order valence-corrected chi connectivity index (χ0v) is 17.9. The van der Waals surface area contributed by atoms with E-state index in [9.17, 15) is 5.11 Å². The molecule has 2 nitrogen and oxygen atoms in total. The number of likely N-dealkylation sites (tertiary alicyclic amines) is 1. The summed E-state index contributed by atoms with van der Waals surface area (Å²) in [6.45, 7) is 4.26. The van der Waals surface area contributed by atoms with Gasteiger partial charge < -0.3 is 5.11 Å². The van der Waals surface area contributed by atoms with Gasteiger partial charge in [-0.2, -0.15) is 0 Å². The molecule has 3 aromatic rings. The molecule has 2 heteroatoms. The van der Waals surface area contributed by atoms with E-state index in [1.54, 1.807) is 0 Å². The monoisotopic (exact) mass is 395 g/mol. The van der Waals surface area contributed by atoms with E-state index in [1.165, 1.54) is 11.1 Å². The van der Waals surface area contributed by atoms with Gasteiger partial charge in [0.15, 0.2) is 0 Å². The summed E-state index contributed by atoms with van der Waals surface area (Å²) in [6, 6.07) is 31.0. The van der Waals surface area contributed by atoms with Crippen molar-refractivity contribution in [2.45, 2.75) is 31.5 Å². The van der Waals surface area contributed by atoms with Crippen molar-refractivity contribution in [2.75, 3.05) is 7.05 Å². The van der Waals surface area contributed by atoms with Gasteiger partial charge in [0, 0.05) is 29.5 Å². The Morgan fingerprint density at radius 2 is 1.10 bits per heavy atom. The van der Waals surface area contributed by atoms with E-state index in [1.807, 2.05) is 42.5 Å². The lowest BCUT2D eigenvalue weighted by Crippen LogP contribution is -2.57. The Hall–Kier alpha value is -2.86. The van der Waals surface area contributed by atoms with Crippen molar-refractivity contribution in [2.24, 2.45) is 11.8 Å². The van der Waals surface area contributed by atoms with Gasteiger partial charge in [-0.3, -0.25) is 4.90 Å². The fraction of sp³-hybridized carbons (Fsp3) is 0.286. The number of benzene rings is 3. The average Bonchev–Trinajstić information content (AvgIpc) is 2.79. The molecule has 1 aliphatic rings. The molecule has 0 radical (unpaired) electrons. The van der Waals surface area contributed by atoms with E-state index in [-0.39, 0.29) is 23.9 Å². The highest BCUT2D eigenvalue weighted by atomic mass is 16.3. The molecular formula is C28H29NO. The molecule has 4 rings (SSSR count). The molecule has 0 spiro atoms. The molecule has 152 valence electrons. The molecule has 3 aromatic carbocycles. The molecule has 1 heterocycles. The Balaban J connectivity index is 1.83. The van der Waals surface area contributed by atoms with Crippen LogP contribution in [0.2, 0.25) is 0 Å². The van der Waals surface area contributed by atoms with Crippen LogP contribution in [0.3, 0.4) is 0 Å². The molecule has 30 heavy (non-hydrogen) atoms. The zero-order chi connectivity index (χ0) is 21.1. The Morgan fingerprint density at radius 1 is 0.700 bits per heavy atom. The minimum atomic E-state index is -1.12. The van der Waals surface area contributed by atoms with E-state index in [4.69, 9.17) is 0 Å². The minimum absolute atomic E-state index is 0.0580. The summed E-state index contributed by atoms with van der Waals surface area (Å²) in [6.07, 6.45) is 0. The van der Waals surface area contributed by atoms with Crippen molar-refractivity contribution in [3.05, 3.63) is 108 Å². The highest BCUT2D eigenvalue weighted by Crippen LogP contribution is 2.51. The van der Waals surface area contributed by atoms with E-state index in [2.05, 4.69) is 86.2 Å². The molecule has 0 saturated carbocycles. The third-order valence-electron chi connectivity index (χ3n) is 6.68. The van der Waals surface area contributed by atoms with Gasteiger partial charge in [0.2, 0.25) is 0 Å². The first-order valence-corrected chi connectivity index (χ1v) is 10.6. The Labute approximate surface area is 180 Å². The maximum absolute atomic E-state index is 12.1. The summed E-state index contributed by atoms with van der Waals surface area (Å²) >= 11 is 0. The van der Waals surface area contributed by atoms with Crippen LogP contribution in [0, 0.1) is 23.7 Å². The number of piperidine rings is 1. The molecule has 1 fully saturated rings. The van der Waals surface area contributed by atoms with E-state index in [0.29, 0.717) is 0 Å². The van der Waals surface area contributed by atoms with E-state index >= 15 is 0 Å². The third kappa shape index (κ3) is 3.67. The van der Waals surface area contributed by atoms with Crippen LogP contribution < -0.4 is 0 Å². The SMILES string of the molecule is C[C@@H]1[C@H](c2ccccc2)N(C)[C@@H](c2ccccc2)[C@@H](C)C1(O)C#Cc1ccccc1. The van der Waals surface area contributed by atoms with Crippen LogP contribution in [0.25, 0.3) is 0 Å². The molecular weight excluding hydrogens is 366 g/mol. The average molecular weight is 396 g/mol. The lowest BCUT2D eigenvalue weighted by Gasteiger charge is -2.54. The summed E-state index contributed by atoms with van der Waals surface area (Å²) in [7, 11) is 2.17. The third-order valence-corrected chi connectivity index (χ3v) is 6.68. The van der Waals surface area contributed by atoms with Crippen molar-refractivity contribution in [1.29, 1.82) is 0 Å². The maximum atomic E-state index is 12.1. The fourth-order valence-electron chi connectivity index (χ4n) is 5.04. The van der Waals surface area contributed by atoms with Gasteiger partial charge in [-0.15, -0.1) is 0 Å². The number of nitrogens with zero attached hydrogens (tertiary/aromatic N) is 1. The molecule has 1 N–H and O–H groups in total. The van der Waals surface area contributed by atoms with Crippen molar-refractivity contribution in [3.63, 3.8) is 0 Å². The summed E-state index contributed by atoms with van der Waals surface area (Å²) in [5.41, 5.74) is 2.22. The van der Waals surface area contributed by atoms with Gasteiger partial charge in [0.1, 0.15) is 5.60 Å². The molecule has 1 saturated heterocycles. The molecule has 0 bridgehead atoms. The molecule has 4 atom stereocenters. The predicted molar refractivity (Wildman–Crippen MR) is 123 cm³/mol. The zero-order valence-electron chi connectivity index (χ0n) is 17.9. The summed E-state index contributed by atoms with van der Waals surface area (Å²) in [5, 5.41) is 12.1. The van der Waals surface area contributed by atoms with Crippen molar-refractivity contribution in [3.8, 4) is 11.8 Å². The summed E-state index contributed by atoms with van der Waals surface area (Å²) in [4.78, 5) is 2.42. The largest absolute Gasteiger partial charge is 0.377 e. The van der Waals surface area contributed by atoms with Crippen LogP contribution in [0.15, 0.2) is 91.0 Å². The molecule has 1 aliphatic heterocycles. The van der Waals surface area contributed by atoms with Gasteiger partial charge in [0.05, 0.1) is 0 Å². The van der Waals surface area contributed by atoms with Gasteiger partial charge in [0.25, 0.3) is 0 Å². The minimum Gasteiger partial charge on any atom is -0.377 e. The van der Waals surface area contributed by atoms with Crippen LogP contribution >= 0.6 is 0 Å². The molecule has 0 amide bonds.